The minimum Gasteiger partial charge on any atom is -0.354 e. The van der Waals surface area contributed by atoms with E-state index in [1.54, 1.807) is 0 Å². The highest BCUT2D eigenvalue weighted by molar-refractivity contribution is 5.89. The van der Waals surface area contributed by atoms with E-state index < -0.39 is 0 Å². The van der Waals surface area contributed by atoms with Crippen molar-refractivity contribution < 1.29 is 0 Å². The summed E-state index contributed by atoms with van der Waals surface area (Å²) in [5.74, 6) is 0. The number of nitrogens with zero attached hydrogens (tertiary/aromatic N) is 2. The van der Waals surface area contributed by atoms with Crippen LogP contribution < -0.4 is 5.32 Å². The Balaban J connectivity index is 2.04. The number of hydrogen-bond acceptors (Lipinski definition) is 3. The maximum Gasteiger partial charge on any atom is 0.136 e. The highest BCUT2D eigenvalue weighted by Crippen LogP contribution is 2.22. The first kappa shape index (κ1) is 8.91. The van der Waals surface area contributed by atoms with Crippen molar-refractivity contribution in [2.45, 2.75) is 0 Å². The fraction of sp³-hybridized carbons (Fsp3) is 0. The predicted octanol–water partition coefficient (Wildman–Crippen LogP) is 2.70. The zero-order chi connectivity index (χ0) is 10.8. The van der Waals surface area contributed by atoms with Crippen LogP contribution in [0, 0.1) is 0 Å². The largest absolute Gasteiger partial charge is 0.354 e. The fourth-order valence-electron chi connectivity index (χ4n) is 1.65. The maximum atomic E-state index is 4.05. The van der Waals surface area contributed by atoms with Crippen LogP contribution in [0.2, 0.25) is 0 Å². The molecule has 0 saturated carbocycles. The quantitative estimate of drug-likeness (QED) is 0.683. The van der Waals surface area contributed by atoms with E-state index in [0.29, 0.717) is 0 Å². The molecule has 0 atom stereocenters. The number of H-pyrrole nitrogens is 1. The lowest BCUT2D eigenvalue weighted by molar-refractivity contribution is 0.959. The second-order valence-electron chi connectivity index (χ2n) is 3.50. The summed E-state index contributed by atoms with van der Waals surface area (Å²) >= 11 is 0. The normalized spacial score (nSPS) is 10.5. The Hall–Kier alpha value is -2.36. The first-order valence-corrected chi connectivity index (χ1v) is 5.05. The molecule has 0 spiro atoms. The number of rotatable bonds is 2. The van der Waals surface area contributed by atoms with Crippen molar-refractivity contribution >= 4 is 22.4 Å². The highest BCUT2D eigenvalue weighted by atomic mass is 15.3. The summed E-state index contributed by atoms with van der Waals surface area (Å²) in [4.78, 5) is 0. The van der Waals surface area contributed by atoms with E-state index in [0.717, 1.165) is 22.4 Å². The van der Waals surface area contributed by atoms with E-state index >= 15 is 0 Å². The Labute approximate surface area is 92.3 Å². The summed E-state index contributed by atoms with van der Waals surface area (Å²) in [5, 5.41) is 14.0. The number of benzene rings is 2. The number of aromatic amines is 1. The van der Waals surface area contributed by atoms with E-state index in [1.165, 1.54) is 0 Å². The van der Waals surface area contributed by atoms with Gasteiger partial charge in [0, 0.05) is 5.69 Å². The van der Waals surface area contributed by atoms with Crippen LogP contribution >= 0.6 is 0 Å². The van der Waals surface area contributed by atoms with Crippen molar-refractivity contribution in [1.29, 1.82) is 0 Å². The Morgan fingerprint density at radius 2 is 1.81 bits per heavy atom. The van der Waals surface area contributed by atoms with E-state index in [1.807, 2.05) is 48.5 Å². The zero-order valence-electron chi connectivity index (χ0n) is 8.51. The lowest BCUT2D eigenvalue weighted by Gasteiger charge is -2.05. The second-order valence-corrected chi connectivity index (χ2v) is 3.50. The summed E-state index contributed by atoms with van der Waals surface area (Å²) in [6.07, 6.45) is 0. The van der Waals surface area contributed by atoms with Crippen molar-refractivity contribution in [3.8, 4) is 0 Å². The molecule has 2 aromatic carbocycles. The minimum atomic E-state index is 0.853. The number of anilines is 2. The van der Waals surface area contributed by atoms with E-state index in [-0.39, 0.29) is 0 Å². The number of para-hydroxylation sites is 1. The monoisotopic (exact) mass is 210 g/mol. The van der Waals surface area contributed by atoms with Gasteiger partial charge in [0.1, 0.15) is 5.52 Å². The summed E-state index contributed by atoms with van der Waals surface area (Å²) in [7, 11) is 0. The molecule has 0 aliphatic heterocycles. The Morgan fingerprint density at radius 1 is 0.938 bits per heavy atom. The van der Waals surface area contributed by atoms with Gasteiger partial charge in [-0.05, 0) is 24.3 Å². The van der Waals surface area contributed by atoms with Crippen molar-refractivity contribution in [3.05, 3.63) is 48.5 Å². The third kappa shape index (κ3) is 1.50. The molecule has 4 heteroatoms. The van der Waals surface area contributed by atoms with Gasteiger partial charge in [0.15, 0.2) is 0 Å². The molecule has 3 aromatic rings. The second kappa shape index (κ2) is 3.66. The van der Waals surface area contributed by atoms with E-state index in [2.05, 4.69) is 20.7 Å². The molecule has 0 saturated heterocycles. The van der Waals surface area contributed by atoms with Crippen LogP contribution in [0.3, 0.4) is 0 Å². The standard InChI is InChI=1S/C12H10N4/c1-2-5-9(6-3-1)13-10-7-4-8-11-12(10)15-16-14-11/h1-8,13H,(H,14,15,16). The highest BCUT2D eigenvalue weighted by Gasteiger charge is 2.03. The summed E-state index contributed by atoms with van der Waals surface area (Å²) in [5.41, 5.74) is 3.78. The zero-order valence-corrected chi connectivity index (χ0v) is 8.51. The number of aromatic nitrogens is 3. The van der Waals surface area contributed by atoms with Gasteiger partial charge < -0.3 is 5.32 Å². The molecule has 0 aliphatic carbocycles. The van der Waals surface area contributed by atoms with Gasteiger partial charge in [-0.25, -0.2) is 0 Å². The van der Waals surface area contributed by atoms with Crippen LogP contribution in [0.25, 0.3) is 11.0 Å². The Morgan fingerprint density at radius 3 is 2.69 bits per heavy atom. The molecule has 78 valence electrons. The SMILES string of the molecule is c1ccc(Nc2cccc3[nH]nnc23)cc1. The molecule has 0 unspecified atom stereocenters. The van der Waals surface area contributed by atoms with Gasteiger partial charge in [0.25, 0.3) is 0 Å². The molecule has 4 nitrogen and oxygen atoms in total. The molecule has 0 fully saturated rings. The van der Waals surface area contributed by atoms with Crippen LogP contribution in [0.1, 0.15) is 0 Å². The molecule has 2 N–H and O–H groups in total. The van der Waals surface area contributed by atoms with Crippen LogP contribution in [0.15, 0.2) is 48.5 Å². The van der Waals surface area contributed by atoms with Crippen molar-refractivity contribution in [1.82, 2.24) is 15.4 Å². The van der Waals surface area contributed by atoms with Crippen LogP contribution in [0.4, 0.5) is 11.4 Å². The van der Waals surface area contributed by atoms with Gasteiger partial charge >= 0.3 is 0 Å². The third-order valence-electron chi connectivity index (χ3n) is 2.41. The lowest BCUT2D eigenvalue weighted by atomic mass is 10.2. The van der Waals surface area contributed by atoms with Crippen molar-refractivity contribution in [3.63, 3.8) is 0 Å². The molecular formula is C12H10N4. The number of fused-ring (bicyclic) bond motifs is 1. The molecule has 1 aromatic heterocycles. The average Bonchev–Trinajstić information content (AvgIpc) is 2.80. The summed E-state index contributed by atoms with van der Waals surface area (Å²) in [6.45, 7) is 0. The smallest absolute Gasteiger partial charge is 0.136 e. The first-order chi connectivity index (χ1) is 7.93. The molecule has 3 rings (SSSR count). The van der Waals surface area contributed by atoms with Gasteiger partial charge in [-0.2, -0.15) is 0 Å². The Kier molecular flexibility index (Phi) is 2.04. The molecule has 0 amide bonds. The molecule has 16 heavy (non-hydrogen) atoms. The van der Waals surface area contributed by atoms with Gasteiger partial charge in [0.2, 0.25) is 0 Å². The molecule has 0 aliphatic rings. The number of hydrogen-bond donors (Lipinski definition) is 2. The molecule has 0 radical (unpaired) electrons. The van der Waals surface area contributed by atoms with Crippen LogP contribution in [-0.2, 0) is 0 Å². The third-order valence-corrected chi connectivity index (χ3v) is 2.41. The molecule has 0 bridgehead atoms. The van der Waals surface area contributed by atoms with Crippen molar-refractivity contribution in [2.75, 3.05) is 5.32 Å². The number of nitrogens with one attached hydrogen (secondary N) is 2. The first-order valence-electron chi connectivity index (χ1n) is 5.05. The van der Waals surface area contributed by atoms with Gasteiger partial charge in [-0.3, -0.25) is 5.10 Å². The van der Waals surface area contributed by atoms with Gasteiger partial charge in [-0.15, -0.1) is 5.10 Å². The predicted molar refractivity (Wildman–Crippen MR) is 63.6 cm³/mol. The van der Waals surface area contributed by atoms with Gasteiger partial charge in [0.05, 0.1) is 11.2 Å². The van der Waals surface area contributed by atoms with E-state index in [9.17, 15) is 0 Å². The molecular weight excluding hydrogens is 200 g/mol. The van der Waals surface area contributed by atoms with E-state index in [4.69, 9.17) is 0 Å². The summed E-state index contributed by atoms with van der Waals surface area (Å²) in [6, 6.07) is 15.9. The fourth-order valence-corrected chi connectivity index (χ4v) is 1.65. The van der Waals surface area contributed by atoms with Crippen molar-refractivity contribution in [2.24, 2.45) is 0 Å². The van der Waals surface area contributed by atoms with Crippen LogP contribution in [-0.4, -0.2) is 15.4 Å². The maximum absolute atomic E-state index is 4.05. The average molecular weight is 210 g/mol. The Bertz CT molecular complexity index is 600. The minimum absolute atomic E-state index is 0.853. The molecule has 1 heterocycles. The lowest BCUT2D eigenvalue weighted by Crippen LogP contribution is -1.90. The van der Waals surface area contributed by atoms with Crippen LogP contribution in [0.5, 0.6) is 0 Å². The van der Waals surface area contributed by atoms with Gasteiger partial charge in [-0.1, -0.05) is 29.5 Å². The topological polar surface area (TPSA) is 53.6 Å². The summed E-state index contributed by atoms with van der Waals surface area (Å²) < 4.78 is 0.